The molecule has 0 rings (SSSR count). The minimum Gasteiger partial charge on any atom is -0.480 e. The largest absolute Gasteiger partial charge is 0.480 e. The number of hydrogen-bond acceptors (Lipinski definition) is 5. The van der Waals surface area contributed by atoms with Crippen molar-refractivity contribution in [1.82, 2.24) is 16.0 Å². The maximum Gasteiger partial charge on any atom is 0.408 e. The average Bonchev–Trinajstić information content (AvgIpc) is 2.40. The van der Waals surface area contributed by atoms with Gasteiger partial charge < -0.3 is 25.8 Å². The zero-order chi connectivity index (χ0) is 19.9. The Kier molecular flexibility index (Phi) is 8.38. The van der Waals surface area contributed by atoms with Gasteiger partial charge in [0.1, 0.15) is 23.7 Å². The van der Waals surface area contributed by atoms with Gasteiger partial charge in [0.05, 0.1) is 0 Å². The molecular weight excluding hydrogens is 330 g/mol. The van der Waals surface area contributed by atoms with Crippen molar-refractivity contribution in [3.05, 3.63) is 0 Å². The third-order valence-corrected chi connectivity index (χ3v) is 3.11. The van der Waals surface area contributed by atoms with Gasteiger partial charge in [0.15, 0.2) is 0 Å². The highest BCUT2D eigenvalue weighted by Gasteiger charge is 2.28. The molecule has 0 saturated carbocycles. The fourth-order valence-corrected chi connectivity index (χ4v) is 1.75. The number of carboxylic acids is 1. The summed E-state index contributed by atoms with van der Waals surface area (Å²) >= 11 is 0. The second kappa shape index (κ2) is 9.24. The van der Waals surface area contributed by atoms with E-state index in [4.69, 9.17) is 9.84 Å². The molecule has 0 bridgehead atoms. The highest BCUT2D eigenvalue weighted by molar-refractivity contribution is 5.92. The van der Waals surface area contributed by atoms with Crippen LogP contribution in [0.15, 0.2) is 0 Å². The normalized spacial score (nSPS) is 14.9. The van der Waals surface area contributed by atoms with Gasteiger partial charge >= 0.3 is 12.1 Å². The van der Waals surface area contributed by atoms with E-state index in [2.05, 4.69) is 16.0 Å². The lowest BCUT2D eigenvalue weighted by molar-refractivity contribution is -0.143. The first-order valence-corrected chi connectivity index (χ1v) is 8.07. The summed E-state index contributed by atoms with van der Waals surface area (Å²) in [5, 5.41) is 16.2. The predicted molar refractivity (Wildman–Crippen MR) is 90.8 cm³/mol. The summed E-state index contributed by atoms with van der Waals surface area (Å²) in [6.45, 7) is 11.3. The first-order chi connectivity index (χ1) is 11.2. The lowest BCUT2D eigenvalue weighted by Crippen LogP contribution is -2.55. The molecule has 9 nitrogen and oxygen atoms in total. The van der Waals surface area contributed by atoms with Crippen LogP contribution in [0, 0.1) is 5.92 Å². The fraction of sp³-hybridized carbons (Fsp3) is 0.750. The molecule has 0 heterocycles. The Morgan fingerprint density at radius 3 is 1.68 bits per heavy atom. The quantitative estimate of drug-likeness (QED) is 0.527. The third kappa shape index (κ3) is 8.92. The number of nitrogens with one attached hydrogen (secondary N) is 3. The van der Waals surface area contributed by atoms with E-state index in [9.17, 15) is 19.2 Å². The molecule has 0 spiro atoms. The molecule has 9 heteroatoms. The van der Waals surface area contributed by atoms with E-state index in [1.807, 2.05) is 0 Å². The molecule has 144 valence electrons. The summed E-state index contributed by atoms with van der Waals surface area (Å²) in [4.78, 5) is 46.8. The van der Waals surface area contributed by atoms with Crippen molar-refractivity contribution in [3.63, 3.8) is 0 Å². The smallest absolute Gasteiger partial charge is 0.408 e. The number of alkyl carbamates (subject to hydrolysis) is 1. The van der Waals surface area contributed by atoms with Gasteiger partial charge in [-0.05, 0) is 40.5 Å². The van der Waals surface area contributed by atoms with E-state index in [0.717, 1.165) is 0 Å². The second-order valence-electron chi connectivity index (χ2n) is 7.17. The van der Waals surface area contributed by atoms with E-state index < -0.39 is 47.6 Å². The van der Waals surface area contributed by atoms with Gasteiger partial charge in [-0.15, -0.1) is 0 Å². The lowest BCUT2D eigenvalue weighted by atomic mass is 10.0. The molecule has 0 aromatic rings. The van der Waals surface area contributed by atoms with Crippen LogP contribution in [0.5, 0.6) is 0 Å². The fourth-order valence-electron chi connectivity index (χ4n) is 1.75. The van der Waals surface area contributed by atoms with Crippen molar-refractivity contribution in [2.24, 2.45) is 5.92 Å². The molecule has 0 unspecified atom stereocenters. The van der Waals surface area contributed by atoms with Gasteiger partial charge in [0, 0.05) is 0 Å². The Morgan fingerprint density at radius 2 is 1.28 bits per heavy atom. The number of aliphatic carboxylic acids is 1. The van der Waals surface area contributed by atoms with Crippen LogP contribution in [-0.2, 0) is 19.1 Å². The van der Waals surface area contributed by atoms with Crippen LogP contribution < -0.4 is 16.0 Å². The topological polar surface area (TPSA) is 134 Å². The van der Waals surface area contributed by atoms with Gasteiger partial charge in [-0.3, -0.25) is 9.59 Å². The molecule has 0 aromatic carbocycles. The van der Waals surface area contributed by atoms with Crippen LogP contribution in [0.3, 0.4) is 0 Å². The predicted octanol–water partition coefficient (Wildman–Crippen LogP) is 0.630. The summed E-state index contributed by atoms with van der Waals surface area (Å²) in [5.41, 5.74) is -0.698. The van der Waals surface area contributed by atoms with Crippen molar-refractivity contribution < 1.29 is 29.0 Å². The lowest BCUT2D eigenvalue weighted by Gasteiger charge is -2.23. The molecule has 0 saturated heterocycles. The Morgan fingerprint density at radius 1 is 0.840 bits per heavy atom. The van der Waals surface area contributed by atoms with Crippen LogP contribution in [0.2, 0.25) is 0 Å². The molecular formula is C16H29N3O6. The third-order valence-electron chi connectivity index (χ3n) is 3.11. The minimum atomic E-state index is -1.15. The van der Waals surface area contributed by atoms with Crippen LogP contribution in [0.1, 0.15) is 48.5 Å². The summed E-state index contributed by atoms with van der Waals surface area (Å²) in [6.07, 6.45) is -0.752. The standard InChI is InChI=1S/C16H29N3O6/c1-8(2)11(14(22)23)19-13(21)9(3)17-12(20)10(4)18-15(24)25-16(5,6)7/h8-11H,1-7H3,(H,17,20)(H,18,24)(H,19,21)(H,22,23)/t9-,10-,11-/m0/s1. The van der Waals surface area contributed by atoms with Crippen molar-refractivity contribution in [2.75, 3.05) is 0 Å². The summed E-state index contributed by atoms with van der Waals surface area (Å²) in [7, 11) is 0. The monoisotopic (exact) mass is 359 g/mol. The van der Waals surface area contributed by atoms with Crippen molar-refractivity contribution in [2.45, 2.75) is 72.2 Å². The Labute approximate surface area is 147 Å². The van der Waals surface area contributed by atoms with Gasteiger partial charge in [-0.1, -0.05) is 13.8 Å². The molecule has 4 N–H and O–H groups in total. The first kappa shape index (κ1) is 22.7. The van der Waals surface area contributed by atoms with Crippen molar-refractivity contribution in [1.29, 1.82) is 0 Å². The molecule has 0 aliphatic heterocycles. The summed E-state index contributed by atoms with van der Waals surface area (Å²) < 4.78 is 5.04. The number of carbonyl (C=O) groups is 4. The zero-order valence-electron chi connectivity index (χ0n) is 15.8. The highest BCUT2D eigenvalue weighted by Crippen LogP contribution is 2.07. The van der Waals surface area contributed by atoms with E-state index in [1.54, 1.807) is 34.6 Å². The minimum absolute atomic E-state index is 0.308. The summed E-state index contributed by atoms with van der Waals surface area (Å²) in [5.74, 6) is -2.68. The number of hydrogen-bond donors (Lipinski definition) is 4. The molecule has 0 fully saturated rings. The maximum absolute atomic E-state index is 12.0. The molecule has 0 aliphatic carbocycles. The van der Waals surface area contributed by atoms with E-state index in [1.165, 1.54) is 13.8 Å². The van der Waals surface area contributed by atoms with E-state index in [0.29, 0.717) is 0 Å². The molecule has 0 aromatic heterocycles. The van der Waals surface area contributed by atoms with Gasteiger partial charge in [0.25, 0.3) is 0 Å². The van der Waals surface area contributed by atoms with E-state index in [-0.39, 0.29) is 5.92 Å². The van der Waals surface area contributed by atoms with Crippen molar-refractivity contribution in [3.8, 4) is 0 Å². The Balaban J connectivity index is 4.60. The Bertz CT molecular complexity index is 512. The molecule has 0 aliphatic rings. The SMILES string of the molecule is CC(C)[C@H](NC(=O)[C@H](C)NC(=O)[C@H](C)NC(=O)OC(C)(C)C)C(=O)O. The van der Waals surface area contributed by atoms with Crippen LogP contribution in [0.4, 0.5) is 4.79 Å². The maximum atomic E-state index is 12.0. The summed E-state index contributed by atoms with van der Waals surface area (Å²) in [6, 6.07) is -2.94. The number of carboxylic acid groups (broad SMARTS) is 1. The van der Waals surface area contributed by atoms with E-state index >= 15 is 0 Å². The molecule has 0 radical (unpaired) electrons. The van der Waals surface area contributed by atoms with Gasteiger partial charge in [-0.25, -0.2) is 9.59 Å². The van der Waals surface area contributed by atoms with Crippen LogP contribution in [-0.4, -0.2) is 52.7 Å². The number of rotatable bonds is 7. The molecule has 25 heavy (non-hydrogen) atoms. The number of amides is 3. The van der Waals surface area contributed by atoms with Crippen LogP contribution in [0.25, 0.3) is 0 Å². The highest BCUT2D eigenvalue weighted by atomic mass is 16.6. The Hall–Kier alpha value is -2.32. The second-order valence-corrected chi connectivity index (χ2v) is 7.17. The average molecular weight is 359 g/mol. The molecule has 3 amide bonds. The van der Waals surface area contributed by atoms with Gasteiger partial charge in [-0.2, -0.15) is 0 Å². The first-order valence-electron chi connectivity index (χ1n) is 8.07. The number of carbonyl (C=O) groups excluding carboxylic acids is 3. The molecule has 3 atom stereocenters. The van der Waals surface area contributed by atoms with Crippen molar-refractivity contribution >= 4 is 23.9 Å². The number of ether oxygens (including phenoxy) is 1. The van der Waals surface area contributed by atoms with Crippen LogP contribution >= 0.6 is 0 Å². The zero-order valence-corrected chi connectivity index (χ0v) is 15.8. The van der Waals surface area contributed by atoms with Gasteiger partial charge in [0.2, 0.25) is 11.8 Å².